The van der Waals surface area contributed by atoms with Crippen LogP contribution in [0.2, 0.25) is 0 Å². The van der Waals surface area contributed by atoms with E-state index in [0.717, 1.165) is 24.0 Å². The summed E-state index contributed by atoms with van der Waals surface area (Å²) in [4.78, 5) is 65.5. The van der Waals surface area contributed by atoms with Crippen molar-refractivity contribution in [3.63, 3.8) is 0 Å². The number of imide groups is 1. The van der Waals surface area contributed by atoms with E-state index < -0.39 is 17.9 Å². The van der Waals surface area contributed by atoms with E-state index in [1.807, 2.05) is 18.2 Å². The summed E-state index contributed by atoms with van der Waals surface area (Å²) in [6.07, 6.45) is 8.42. The minimum Gasteiger partial charge on any atom is -0.487 e. The predicted molar refractivity (Wildman–Crippen MR) is 152 cm³/mol. The van der Waals surface area contributed by atoms with Gasteiger partial charge in [0.05, 0.1) is 35.6 Å². The van der Waals surface area contributed by atoms with E-state index in [2.05, 4.69) is 15.3 Å². The number of rotatable bonds is 7. The number of nitrogens with zero attached hydrogens (tertiary/aromatic N) is 4. The van der Waals surface area contributed by atoms with Gasteiger partial charge in [-0.15, -0.1) is 0 Å². The maximum absolute atomic E-state index is 14.3. The second-order valence-electron chi connectivity index (χ2n) is 11.0. The number of amides is 4. The Bertz CT molecular complexity index is 1490. The molecule has 2 aliphatic heterocycles. The summed E-state index contributed by atoms with van der Waals surface area (Å²) < 4.78 is 6.26. The standard InChI is InChI=1S/C32H33N5O5/c1-33-29(38)22-8-2-3-9-23(22)30(39)36-16-13-20-7-6-12-27(42-19-21-17-34-14-15-35-21)28(20)26(36)18-37-31(40)24-10-4-5-11-25(24)32(37)41/h4-7,10-12,14-15,17,22-23,26H,2-3,8-9,13,16,18-19H2,1H3,(H,33,38)/t22?,23?,26-/m1/s1. The molecule has 1 aromatic heterocycles. The molecule has 3 aliphatic rings. The smallest absolute Gasteiger partial charge is 0.261 e. The number of benzene rings is 2. The van der Waals surface area contributed by atoms with Gasteiger partial charge in [-0.1, -0.05) is 37.1 Å². The van der Waals surface area contributed by atoms with E-state index in [9.17, 15) is 19.2 Å². The number of carbonyl (C=O) groups excluding carboxylic acids is 4. The summed E-state index contributed by atoms with van der Waals surface area (Å²) >= 11 is 0. The van der Waals surface area contributed by atoms with E-state index in [0.29, 0.717) is 48.4 Å². The van der Waals surface area contributed by atoms with Crippen LogP contribution in [0.15, 0.2) is 61.1 Å². The lowest BCUT2D eigenvalue weighted by Gasteiger charge is -2.42. The lowest BCUT2D eigenvalue weighted by molar-refractivity contribution is -0.146. The first-order chi connectivity index (χ1) is 20.5. The molecule has 10 heteroatoms. The van der Waals surface area contributed by atoms with Gasteiger partial charge in [-0.25, -0.2) is 0 Å². The van der Waals surface area contributed by atoms with Crippen LogP contribution in [-0.4, -0.2) is 63.5 Å². The molecule has 2 unspecified atom stereocenters. The van der Waals surface area contributed by atoms with Crippen molar-refractivity contribution >= 4 is 23.6 Å². The molecule has 10 nitrogen and oxygen atoms in total. The molecule has 3 heterocycles. The first-order valence-corrected chi connectivity index (χ1v) is 14.4. The van der Waals surface area contributed by atoms with Crippen LogP contribution in [0.1, 0.15) is 69.3 Å². The summed E-state index contributed by atoms with van der Waals surface area (Å²) in [5, 5.41) is 2.73. The van der Waals surface area contributed by atoms with Gasteiger partial charge >= 0.3 is 0 Å². The van der Waals surface area contributed by atoms with Crippen LogP contribution in [0.3, 0.4) is 0 Å². The first kappa shape index (κ1) is 27.6. The SMILES string of the molecule is CNC(=O)C1CCCCC1C(=O)N1CCc2cccc(OCc3cnccn3)c2[C@H]1CN1C(=O)c2ccccc2C1=O. The molecule has 42 heavy (non-hydrogen) atoms. The van der Waals surface area contributed by atoms with Gasteiger partial charge in [0.1, 0.15) is 12.4 Å². The summed E-state index contributed by atoms with van der Waals surface area (Å²) in [5.41, 5.74) is 3.12. The number of aromatic nitrogens is 2. The Kier molecular flexibility index (Phi) is 7.69. The van der Waals surface area contributed by atoms with Crippen molar-refractivity contribution in [2.24, 2.45) is 11.8 Å². The fraction of sp³-hybridized carbons (Fsp3) is 0.375. The summed E-state index contributed by atoms with van der Waals surface area (Å²) in [6, 6.07) is 11.9. The highest BCUT2D eigenvalue weighted by molar-refractivity contribution is 6.21. The molecule has 2 aromatic carbocycles. The van der Waals surface area contributed by atoms with Crippen molar-refractivity contribution in [3.05, 3.63) is 89.0 Å². The highest BCUT2D eigenvalue weighted by atomic mass is 16.5. The van der Waals surface area contributed by atoms with Crippen molar-refractivity contribution < 1.29 is 23.9 Å². The molecule has 1 saturated carbocycles. The second kappa shape index (κ2) is 11.7. The van der Waals surface area contributed by atoms with Crippen molar-refractivity contribution in [1.82, 2.24) is 25.1 Å². The largest absolute Gasteiger partial charge is 0.487 e. The van der Waals surface area contributed by atoms with Crippen LogP contribution in [-0.2, 0) is 22.6 Å². The van der Waals surface area contributed by atoms with E-state index in [4.69, 9.17) is 4.74 Å². The summed E-state index contributed by atoms with van der Waals surface area (Å²) in [5.74, 6) is -1.35. The zero-order chi connectivity index (χ0) is 29.2. The number of nitrogens with one attached hydrogen (secondary N) is 1. The van der Waals surface area contributed by atoms with Gasteiger partial charge in [0.15, 0.2) is 0 Å². The fourth-order valence-electron chi connectivity index (χ4n) is 6.59. The zero-order valence-electron chi connectivity index (χ0n) is 23.5. The molecule has 0 radical (unpaired) electrons. The van der Waals surface area contributed by atoms with Crippen molar-refractivity contribution in [3.8, 4) is 5.75 Å². The average molecular weight is 568 g/mol. The molecule has 0 saturated heterocycles. The van der Waals surface area contributed by atoms with E-state index in [1.165, 1.54) is 4.90 Å². The Balaban J connectivity index is 1.38. The molecule has 3 aromatic rings. The molecular weight excluding hydrogens is 534 g/mol. The lowest BCUT2D eigenvalue weighted by Crippen LogP contribution is -2.51. The third kappa shape index (κ3) is 5.01. The molecular formula is C32H33N5O5. The quantitative estimate of drug-likeness (QED) is 0.435. The topological polar surface area (TPSA) is 122 Å². The summed E-state index contributed by atoms with van der Waals surface area (Å²) in [6.45, 7) is 0.553. The van der Waals surface area contributed by atoms with Crippen LogP contribution in [0, 0.1) is 11.8 Å². The fourth-order valence-corrected chi connectivity index (χ4v) is 6.59. The van der Waals surface area contributed by atoms with Crippen molar-refractivity contribution in [2.75, 3.05) is 20.1 Å². The number of hydrogen-bond acceptors (Lipinski definition) is 7. The number of hydrogen-bond donors (Lipinski definition) is 1. The Morgan fingerprint density at radius 3 is 2.40 bits per heavy atom. The van der Waals surface area contributed by atoms with Crippen LogP contribution in [0.5, 0.6) is 5.75 Å². The monoisotopic (exact) mass is 567 g/mol. The molecule has 4 amide bonds. The highest BCUT2D eigenvalue weighted by Crippen LogP contribution is 2.41. The van der Waals surface area contributed by atoms with Gasteiger partial charge in [-0.3, -0.25) is 34.0 Å². The zero-order valence-corrected chi connectivity index (χ0v) is 23.5. The average Bonchev–Trinajstić information content (AvgIpc) is 3.28. The minimum atomic E-state index is -0.645. The maximum Gasteiger partial charge on any atom is 0.261 e. The van der Waals surface area contributed by atoms with Gasteiger partial charge in [0, 0.05) is 43.4 Å². The molecule has 1 aliphatic carbocycles. The number of carbonyl (C=O) groups is 4. The Hall–Kier alpha value is -4.60. The molecule has 1 N–H and O–H groups in total. The second-order valence-corrected chi connectivity index (χ2v) is 11.0. The molecule has 0 spiro atoms. The Morgan fingerprint density at radius 1 is 0.976 bits per heavy atom. The van der Waals surface area contributed by atoms with Gasteiger partial charge in [0.25, 0.3) is 11.8 Å². The van der Waals surface area contributed by atoms with Crippen LogP contribution in [0.4, 0.5) is 0 Å². The van der Waals surface area contributed by atoms with E-state index >= 15 is 0 Å². The minimum absolute atomic E-state index is 0.0199. The predicted octanol–water partition coefficient (Wildman–Crippen LogP) is 3.33. The highest BCUT2D eigenvalue weighted by Gasteiger charge is 2.45. The van der Waals surface area contributed by atoms with Crippen LogP contribution in [0.25, 0.3) is 0 Å². The van der Waals surface area contributed by atoms with Crippen molar-refractivity contribution in [1.29, 1.82) is 0 Å². The van der Waals surface area contributed by atoms with Gasteiger partial charge in [-0.05, 0) is 43.0 Å². The number of ether oxygens (including phenoxy) is 1. The van der Waals surface area contributed by atoms with E-state index in [1.54, 1.807) is 54.8 Å². The normalized spacial score (nSPS) is 21.5. The van der Waals surface area contributed by atoms with Crippen LogP contribution < -0.4 is 10.1 Å². The third-order valence-electron chi connectivity index (χ3n) is 8.66. The summed E-state index contributed by atoms with van der Waals surface area (Å²) in [7, 11) is 1.60. The van der Waals surface area contributed by atoms with Gasteiger partial charge < -0.3 is 15.0 Å². The number of fused-ring (bicyclic) bond motifs is 2. The van der Waals surface area contributed by atoms with Gasteiger partial charge in [-0.2, -0.15) is 0 Å². The maximum atomic E-state index is 14.3. The first-order valence-electron chi connectivity index (χ1n) is 14.4. The third-order valence-corrected chi connectivity index (χ3v) is 8.66. The molecule has 216 valence electrons. The van der Waals surface area contributed by atoms with Crippen LogP contribution >= 0.6 is 0 Å². The lowest BCUT2D eigenvalue weighted by atomic mass is 9.77. The Labute approximate surface area is 244 Å². The molecule has 6 rings (SSSR count). The molecule has 1 fully saturated rings. The van der Waals surface area contributed by atoms with Gasteiger partial charge in [0.2, 0.25) is 11.8 Å². The molecule has 3 atom stereocenters. The van der Waals surface area contributed by atoms with Crippen molar-refractivity contribution in [2.45, 2.75) is 44.8 Å². The van der Waals surface area contributed by atoms with E-state index in [-0.39, 0.29) is 36.8 Å². The molecule has 0 bridgehead atoms. The Morgan fingerprint density at radius 2 is 1.71 bits per heavy atom.